The summed E-state index contributed by atoms with van der Waals surface area (Å²) in [6.07, 6.45) is 0. The predicted molar refractivity (Wildman–Crippen MR) is 136 cm³/mol. The zero-order chi connectivity index (χ0) is 21.8. The summed E-state index contributed by atoms with van der Waals surface area (Å²) in [5.41, 5.74) is 4.94. The van der Waals surface area contributed by atoms with Crippen LogP contribution < -0.4 is 54.6 Å². The van der Waals surface area contributed by atoms with Gasteiger partial charge in [-0.05, 0) is 40.8 Å². The molecule has 3 aromatic carbocycles. The summed E-state index contributed by atoms with van der Waals surface area (Å²) < 4.78 is 0. The third-order valence-corrected chi connectivity index (χ3v) is 5.05. The smallest absolute Gasteiger partial charge is 0.112 e. The first kappa shape index (κ1) is 22.0. The molecule has 0 aromatic heterocycles. The lowest BCUT2D eigenvalue weighted by Gasteiger charge is -2.24. The molecule has 0 bridgehead atoms. The molecule has 3 aromatic rings. The van der Waals surface area contributed by atoms with Gasteiger partial charge in [0.25, 0.3) is 0 Å². The van der Waals surface area contributed by atoms with Crippen molar-refractivity contribution in [2.24, 2.45) is 0 Å². The lowest BCUT2D eigenvalue weighted by Crippen LogP contribution is -2.55. The summed E-state index contributed by atoms with van der Waals surface area (Å²) >= 11 is 0. The average molecular weight is 342 g/mol. The van der Waals surface area contributed by atoms with Crippen LogP contribution in [0, 0.1) is 6.92 Å². The number of hydrogen-bond acceptors (Lipinski definition) is 0. The van der Waals surface area contributed by atoms with Crippen molar-refractivity contribution in [1.82, 2.24) is 0 Å². The van der Waals surface area contributed by atoms with E-state index in [-0.39, 0.29) is 54.6 Å². The van der Waals surface area contributed by atoms with Gasteiger partial charge in [-0.25, -0.2) is 0 Å². The van der Waals surface area contributed by atoms with Crippen LogP contribution in [0.5, 0.6) is 0 Å². The Labute approximate surface area is 185 Å². The molecule has 0 aliphatic carbocycles. The summed E-state index contributed by atoms with van der Waals surface area (Å²) in [6.45, 7) is 1.89. The van der Waals surface area contributed by atoms with Crippen LogP contribution in [0.15, 0.2) is 18.2 Å². The minimum Gasteiger partial charge on any atom is -0.112 e. The normalized spacial score (nSPS) is 10.9. The molecule has 0 atom stereocenters. The molecule has 10 heteroatoms. The Balaban J connectivity index is 2.37. The fraction of sp³-hybridized carbons (Fsp3) is 0.0526. The van der Waals surface area contributed by atoms with E-state index in [0.717, 1.165) is 5.56 Å². The van der Waals surface area contributed by atoms with Crippen LogP contribution in [0.3, 0.4) is 0 Å². The first-order valence-corrected chi connectivity index (χ1v) is 8.62. The van der Waals surface area contributed by atoms with Gasteiger partial charge in [-0.15, -0.1) is 32.8 Å². The fourth-order valence-electron chi connectivity index (χ4n) is 3.39. The molecule has 20 radical (unpaired) electrons. The summed E-state index contributed by atoms with van der Waals surface area (Å²) in [7, 11) is 60.6. The zero-order valence-corrected chi connectivity index (χ0v) is 16.0. The van der Waals surface area contributed by atoms with Gasteiger partial charge in [-0.2, -0.15) is 0 Å². The van der Waals surface area contributed by atoms with Crippen molar-refractivity contribution in [1.29, 1.82) is 0 Å². The molecule has 0 fully saturated rings. The quantitative estimate of drug-likeness (QED) is 0.406. The molecule has 0 saturated heterocycles. The maximum atomic E-state index is 6.21. The Kier molecular flexibility index (Phi) is 5.96. The molecule has 0 aliphatic heterocycles. The average Bonchev–Trinajstić information content (AvgIpc) is 2.67. The minimum atomic E-state index is 0.143. The van der Waals surface area contributed by atoms with Gasteiger partial charge in [0.15, 0.2) is 0 Å². The Hall–Kier alpha value is -1.69. The standard InChI is InChI=1S/C19H6B10/c1-5-2-6(8-10(20)14(24)18(28)15(25)11(8)21)4-7(3-5)9-12(22)16(26)19(29)17(27)13(9)23/h2-4H,1H3. The largest absolute Gasteiger partial charge is 0.113 e. The first-order valence-electron chi connectivity index (χ1n) is 8.62. The molecule has 112 valence electrons. The predicted octanol–water partition coefficient (Wildman–Crippen LogP) is -6.73. The molecular weight excluding hydrogens is 336 g/mol. The Bertz CT molecular complexity index is 1020. The molecule has 29 heavy (non-hydrogen) atoms. The molecule has 0 unspecified atom stereocenters. The first-order chi connectivity index (χ1) is 13.5. The minimum absolute atomic E-state index is 0.143. The lowest BCUT2D eigenvalue weighted by molar-refractivity contribution is 1.47. The molecule has 0 heterocycles. The highest BCUT2D eigenvalue weighted by atomic mass is 14.2. The molecule has 0 nitrogen and oxygen atoms in total. The van der Waals surface area contributed by atoms with Crippen LogP contribution in [0.25, 0.3) is 22.3 Å². The van der Waals surface area contributed by atoms with E-state index in [1.165, 1.54) is 0 Å². The van der Waals surface area contributed by atoms with Crippen molar-refractivity contribution in [2.45, 2.75) is 6.92 Å². The molecule has 0 aliphatic rings. The maximum absolute atomic E-state index is 6.21. The summed E-state index contributed by atoms with van der Waals surface area (Å²) in [6, 6.07) is 5.54. The monoisotopic (exact) mass is 344 g/mol. The second kappa shape index (κ2) is 7.86. The maximum Gasteiger partial charge on any atom is 0.113 e. The van der Waals surface area contributed by atoms with Gasteiger partial charge in [0, 0.05) is 0 Å². The Morgan fingerprint density at radius 1 is 0.379 bits per heavy atom. The number of hydrogen-bond donors (Lipinski definition) is 0. The number of rotatable bonds is 2. The summed E-state index contributed by atoms with van der Waals surface area (Å²) in [5.74, 6) is 0. The summed E-state index contributed by atoms with van der Waals surface area (Å²) in [5, 5.41) is 0. The van der Waals surface area contributed by atoms with E-state index in [2.05, 4.69) is 0 Å². The SMILES string of the molecule is [B]c1c([B])c([B])c(-c2cc(C)cc(-c3c([B])c([B])c([B])c([B])c3[B])c2)c([B])c1[B]. The van der Waals surface area contributed by atoms with E-state index in [9.17, 15) is 0 Å². The summed E-state index contributed by atoms with van der Waals surface area (Å²) in [4.78, 5) is 0. The lowest BCUT2D eigenvalue weighted by atomic mass is 9.59. The van der Waals surface area contributed by atoms with Crippen molar-refractivity contribution in [3.05, 3.63) is 23.8 Å². The van der Waals surface area contributed by atoms with E-state index in [4.69, 9.17) is 78.5 Å². The number of aryl methyl sites for hydroxylation is 1. The Morgan fingerprint density at radius 3 is 0.897 bits per heavy atom. The Morgan fingerprint density at radius 2 is 0.621 bits per heavy atom. The van der Waals surface area contributed by atoms with E-state index >= 15 is 0 Å². The van der Waals surface area contributed by atoms with Crippen molar-refractivity contribution < 1.29 is 0 Å². The van der Waals surface area contributed by atoms with E-state index < -0.39 is 0 Å². The van der Waals surface area contributed by atoms with Crippen molar-refractivity contribution >= 4 is 133 Å². The fourth-order valence-corrected chi connectivity index (χ4v) is 3.39. The van der Waals surface area contributed by atoms with Crippen LogP contribution in [0.1, 0.15) is 5.56 Å². The molecule has 0 spiro atoms. The van der Waals surface area contributed by atoms with Crippen molar-refractivity contribution in [2.75, 3.05) is 0 Å². The highest BCUT2D eigenvalue weighted by molar-refractivity contribution is 6.70. The topological polar surface area (TPSA) is 0 Å². The second-order valence-electron chi connectivity index (χ2n) is 6.97. The van der Waals surface area contributed by atoms with E-state index in [1.807, 2.05) is 19.1 Å². The van der Waals surface area contributed by atoms with Crippen molar-refractivity contribution in [3.8, 4) is 22.3 Å². The van der Waals surface area contributed by atoms with Crippen LogP contribution in [-0.2, 0) is 0 Å². The highest BCUT2D eigenvalue weighted by Gasteiger charge is 2.16. The molecule has 0 saturated carbocycles. The third-order valence-electron chi connectivity index (χ3n) is 5.05. The van der Waals surface area contributed by atoms with Crippen LogP contribution in [-0.4, -0.2) is 78.5 Å². The molecule has 0 N–H and O–H groups in total. The molecule has 3 rings (SSSR count). The molecular formula is C19H6B10. The zero-order valence-electron chi connectivity index (χ0n) is 16.0. The van der Waals surface area contributed by atoms with Crippen LogP contribution in [0.4, 0.5) is 0 Å². The van der Waals surface area contributed by atoms with E-state index in [1.54, 1.807) is 6.07 Å². The van der Waals surface area contributed by atoms with Crippen LogP contribution in [0.2, 0.25) is 0 Å². The molecule has 0 amide bonds. The number of benzene rings is 3. The van der Waals surface area contributed by atoms with E-state index in [0.29, 0.717) is 22.3 Å². The third kappa shape index (κ3) is 3.54. The van der Waals surface area contributed by atoms with Crippen molar-refractivity contribution in [3.63, 3.8) is 0 Å². The van der Waals surface area contributed by atoms with Gasteiger partial charge >= 0.3 is 0 Å². The van der Waals surface area contributed by atoms with Gasteiger partial charge < -0.3 is 0 Å². The van der Waals surface area contributed by atoms with Gasteiger partial charge in [0.1, 0.15) is 78.5 Å². The van der Waals surface area contributed by atoms with Crippen LogP contribution >= 0.6 is 0 Å². The van der Waals surface area contributed by atoms with Gasteiger partial charge in [-0.1, -0.05) is 34.0 Å². The highest BCUT2D eigenvalue weighted by Crippen LogP contribution is 2.24. The van der Waals surface area contributed by atoms with Gasteiger partial charge in [0.2, 0.25) is 0 Å². The van der Waals surface area contributed by atoms with Gasteiger partial charge in [0.05, 0.1) is 0 Å². The van der Waals surface area contributed by atoms with Gasteiger partial charge in [-0.3, -0.25) is 0 Å². The second-order valence-corrected chi connectivity index (χ2v) is 6.97.